The molecule has 1 aromatic rings. The fourth-order valence-electron chi connectivity index (χ4n) is 1.78. The van der Waals surface area contributed by atoms with Gasteiger partial charge in [-0.1, -0.05) is 6.07 Å². The minimum atomic E-state index is 0.687. The lowest BCUT2D eigenvalue weighted by Gasteiger charge is -2.19. The Labute approximate surface area is 89.8 Å². The molecule has 0 bridgehead atoms. The van der Waals surface area contributed by atoms with Gasteiger partial charge in [0.2, 0.25) is 0 Å². The molecule has 0 saturated heterocycles. The summed E-state index contributed by atoms with van der Waals surface area (Å²) < 4.78 is 0. The number of nitrogens with two attached hydrogens (primary N) is 1. The zero-order chi connectivity index (χ0) is 10.5. The summed E-state index contributed by atoms with van der Waals surface area (Å²) in [4.78, 5) is 10.8. The third kappa shape index (κ3) is 2.53. The van der Waals surface area contributed by atoms with E-state index < -0.39 is 0 Å². The van der Waals surface area contributed by atoms with Crippen molar-refractivity contribution in [2.45, 2.75) is 6.42 Å². The quantitative estimate of drug-likeness (QED) is 0.767. The number of aliphatic imine (C=N–C) groups is 1. The molecule has 4 heteroatoms. The molecule has 0 fully saturated rings. The Morgan fingerprint density at radius 1 is 1.47 bits per heavy atom. The molecule has 2 rings (SSSR count). The molecule has 0 radical (unpaired) electrons. The van der Waals surface area contributed by atoms with Gasteiger partial charge < -0.3 is 10.6 Å². The Bertz CT molecular complexity index is 334. The average Bonchev–Trinajstić information content (AvgIpc) is 2.68. The van der Waals surface area contributed by atoms with Gasteiger partial charge in [-0.2, -0.15) is 0 Å². The molecule has 0 spiro atoms. The molecule has 1 aliphatic rings. The zero-order valence-electron chi connectivity index (χ0n) is 8.76. The Kier molecular flexibility index (Phi) is 3.29. The fraction of sp³-hybridized carbons (Fsp3) is 0.455. The average molecular weight is 204 g/mol. The molecular formula is C11H16N4. The first kappa shape index (κ1) is 10.1. The van der Waals surface area contributed by atoms with E-state index in [4.69, 9.17) is 5.73 Å². The van der Waals surface area contributed by atoms with E-state index >= 15 is 0 Å². The molecule has 80 valence electrons. The van der Waals surface area contributed by atoms with Crippen LogP contribution in [0.15, 0.2) is 29.5 Å². The summed E-state index contributed by atoms with van der Waals surface area (Å²) >= 11 is 0. The van der Waals surface area contributed by atoms with Crippen molar-refractivity contribution in [1.82, 2.24) is 9.88 Å². The number of aromatic nitrogens is 1. The van der Waals surface area contributed by atoms with Crippen LogP contribution in [0.2, 0.25) is 0 Å². The Morgan fingerprint density at radius 3 is 3.13 bits per heavy atom. The van der Waals surface area contributed by atoms with E-state index in [0.29, 0.717) is 6.54 Å². The van der Waals surface area contributed by atoms with Crippen LogP contribution in [0.5, 0.6) is 0 Å². The van der Waals surface area contributed by atoms with Crippen LogP contribution in [0.25, 0.3) is 0 Å². The maximum atomic E-state index is 5.55. The second-order valence-electron chi connectivity index (χ2n) is 3.61. The second kappa shape index (κ2) is 4.89. The molecular weight excluding hydrogens is 188 g/mol. The summed E-state index contributed by atoms with van der Waals surface area (Å²) in [5, 5.41) is 0. The van der Waals surface area contributed by atoms with Crippen LogP contribution in [0.1, 0.15) is 5.56 Å². The first-order valence-corrected chi connectivity index (χ1v) is 5.27. The van der Waals surface area contributed by atoms with Gasteiger partial charge in [0.05, 0.1) is 6.54 Å². The SMILES string of the molecule is NCCN1CCN=C1Cc1cccnc1. The van der Waals surface area contributed by atoms with Gasteiger partial charge in [0.15, 0.2) is 0 Å². The lowest BCUT2D eigenvalue weighted by molar-refractivity contribution is 0.462. The maximum Gasteiger partial charge on any atom is 0.104 e. The number of hydrogen-bond donors (Lipinski definition) is 1. The first-order chi connectivity index (χ1) is 7.40. The summed E-state index contributed by atoms with van der Waals surface area (Å²) in [7, 11) is 0. The highest BCUT2D eigenvalue weighted by Gasteiger charge is 2.15. The predicted octanol–water partition coefficient (Wildman–Crippen LogP) is 0.297. The number of rotatable bonds is 4. The van der Waals surface area contributed by atoms with Crippen molar-refractivity contribution in [3.05, 3.63) is 30.1 Å². The van der Waals surface area contributed by atoms with Gasteiger partial charge in [-0.25, -0.2) is 0 Å². The van der Waals surface area contributed by atoms with Crippen molar-refractivity contribution >= 4 is 5.84 Å². The van der Waals surface area contributed by atoms with E-state index in [9.17, 15) is 0 Å². The van der Waals surface area contributed by atoms with E-state index in [1.165, 1.54) is 5.56 Å². The van der Waals surface area contributed by atoms with E-state index in [2.05, 4.69) is 20.9 Å². The topological polar surface area (TPSA) is 54.5 Å². The molecule has 2 heterocycles. The standard InChI is InChI=1S/C11H16N4/c12-3-6-15-7-5-14-11(15)8-10-2-1-4-13-9-10/h1-2,4,9H,3,5-8,12H2. The van der Waals surface area contributed by atoms with Gasteiger partial charge in [0, 0.05) is 38.4 Å². The van der Waals surface area contributed by atoms with E-state index in [1.54, 1.807) is 6.20 Å². The van der Waals surface area contributed by atoms with Crippen LogP contribution in [-0.4, -0.2) is 41.9 Å². The highest BCUT2D eigenvalue weighted by Crippen LogP contribution is 2.07. The Hall–Kier alpha value is -1.42. The van der Waals surface area contributed by atoms with Crippen molar-refractivity contribution in [3.8, 4) is 0 Å². The number of amidine groups is 1. The van der Waals surface area contributed by atoms with Gasteiger partial charge in [-0.05, 0) is 11.6 Å². The normalized spacial score (nSPS) is 15.5. The van der Waals surface area contributed by atoms with Crippen LogP contribution in [0, 0.1) is 0 Å². The van der Waals surface area contributed by atoms with Gasteiger partial charge >= 0.3 is 0 Å². The van der Waals surface area contributed by atoms with Crippen LogP contribution in [0.3, 0.4) is 0 Å². The van der Waals surface area contributed by atoms with Crippen LogP contribution in [0.4, 0.5) is 0 Å². The third-order valence-electron chi connectivity index (χ3n) is 2.51. The molecule has 0 aromatic carbocycles. The molecule has 1 aliphatic heterocycles. The summed E-state index contributed by atoms with van der Waals surface area (Å²) in [6.45, 7) is 3.49. The van der Waals surface area contributed by atoms with Crippen LogP contribution in [-0.2, 0) is 6.42 Å². The monoisotopic (exact) mass is 204 g/mol. The van der Waals surface area contributed by atoms with E-state index in [1.807, 2.05) is 12.3 Å². The summed E-state index contributed by atoms with van der Waals surface area (Å²) in [5.41, 5.74) is 6.76. The molecule has 0 saturated carbocycles. The van der Waals surface area contributed by atoms with Crippen molar-refractivity contribution in [3.63, 3.8) is 0 Å². The Morgan fingerprint density at radius 2 is 2.40 bits per heavy atom. The smallest absolute Gasteiger partial charge is 0.104 e. The highest BCUT2D eigenvalue weighted by atomic mass is 15.2. The van der Waals surface area contributed by atoms with Gasteiger partial charge in [-0.3, -0.25) is 9.98 Å². The largest absolute Gasteiger partial charge is 0.357 e. The Balaban J connectivity index is 2.00. The lowest BCUT2D eigenvalue weighted by atomic mass is 10.2. The zero-order valence-corrected chi connectivity index (χ0v) is 8.76. The van der Waals surface area contributed by atoms with Crippen molar-refractivity contribution in [1.29, 1.82) is 0 Å². The van der Waals surface area contributed by atoms with Crippen LogP contribution < -0.4 is 5.73 Å². The summed E-state index contributed by atoms with van der Waals surface area (Å²) in [5.74, 6) is 1.15. The molecule has 0 aliphatic carbocycles. The first-order valence-electron chi connectivity index (χ1n) is 5.27. The summed E-state index contributed by atoms with van der Waals surface area (Å²) in [6.07, 6.45) is 4.55. The summed E-state index contributed by atoms with van der Waals surface area (Å²) in [6, 6.07) is 4.03. The van der Waals surface area contributed by atoms with E-state index in [-0.39, 0.29) is 0 Å². The van der Waals surface area contributed by atoms with Gasteiger partial charge in [0.1, 0.15) is 5.84 Å². The number of hydrogen-bond acceptors (Lipinski definition) is 4. The lowest BCUT2D eigenvalue weighted by Crippen LogP contribution is -2.33. The third-order valence-corrected chi connectivity index (χ3v) is 2.51. The molecule has 15 heavy (non-hydrogen) atoms. The van der Waals surface area contributed by atoms with Crippen LogP contribution >= 0.6 is 0 Å². The molecule has 2 N–H and O–H groups in total. The van der Waals surface area contributed by atoms with Crippen molar-refractivity contribution < 1.29 is 0 Å². The molecule has 0 atom stereocenters. The van der Waals surface area contributed by atoms with Crippen molar-refractivity contribution in [2.75, 3.05) is 26.2 Å². The molecule has 1 aromatic heterocycles. The fourth-order valence-corrected chi connectivity index (χ4v) is 1.78. The molecule has 0 amide bonds. The molecule has 0 unspecified atom stereocenters. The van der Waals surface area contributed by atoms with E-state index in [0.717, 1.165) is 31.9 Å². The number of pyridine rings is 1. The number of nitrogens with zero attached hydrogens (tertiary/aromatic N) is 3. The minimum absolute atomic E-state index is 0.687. The van der Waals surface area contributed by atoms with Crippen molar-refractivity contribution in [2.24, 2.45) is 10.7 Å². The molecule has 4 nitrogen and oxygen atoms in total. The van der Waals surface area contributed by atoms with Gasteiger partial charge in [-0.15, -0.1) is 0 Å². The minimum Gasteiger partial charge on any atom is -0.357 e. The predicted molar refractivity (Wildman–Crippen MR) is 60.9 cm³/mol. The second-order valence-corrected chi connectivity index (χ2v) is 3.61. The van der Waals surface area contributed by atoms with Gasteiger partial charge in [0.25, 0.3) is 0 Å². The highest BCUT2D eigenvalue weighted by molar-refractivity contribution is 5.85. The maximum absolute atomic E-state index is 5.55.